The highest BCUT2D eigenvalue weighted by molar-refractivity contribution is 5.57. The first-order valence-electron chi connectivity index (χ1n) is 6.25. The molecule has 1 N–H and O–H groups in total. The molecule has 1 aromatic rings. The molecule has 3 nitrogen and oxygen atoms in total. The van der Waals surface area contributed by atoms with Crippen LogP contribution in [0, 0.1) is 5.82 Å². The zero-order valence-corrected chi connectivity index (χ0v) is 11.1. The van der Waals surface area contributed by atoms with E-state index in [2.05, 4.69) is 18.7 Å². The highest BCUT2D eigenvalue weighted by atomic mass is 19.1. The van der Waals surface area contributed by atoms with E-state index in [1.54, 1.807) is 13.0 Å². The molecule has 0 bridgehead atoms. The summed E-state index contributed by atoms with van der Waals surface area (Å²) in [5, 5.41) is 9.81. The zero-order valence-electron chi connectivity index (χ0n) is 11.1. The van der Waals surface area contributed by atoms with Gasteiger partial charge in [0.15, 0.2) is 0 Å². The van der Waals surface area contributed by atoms with Crippen LogP contribution in [-0.4, -0.2) is 30.4 Å². The van der Waals surface area contributed by atoms with Crippen molar-refractivity contribution in [1.82, 2.24) is 0 Å². The van der Waals surface area contributed by atoms with Gasteiger partial charge in [0.25, 0.3) is 0 Å². The van der Waals surface area contributed by atoms with Crippen LogP contribution in [0.15, 0.2) is 18.2 Å². The van der Waals surface area contributed by atoms with E-state index in [0.717, 1.165) is 12.2 Å². The van der Waals surface area contributed by atoms with Gasteiger partial charge in [-0.3, -0.25) is 0 Å². The third-order valence-corrected chi connectivity index (χ3v) is 3.38. The van der Waals surface area contributed by atoms with Gasteiger partial charge >= 0.3 is 0 Å². The maximum absolute atomic E-state index is 13.3. The third-order valence-electron chi connectivity index (χ3n) is 3.38. The molecule has 2 rings (SSSR count). The van der Waals surface area contributed by atoms with Crippen LogP contribution < -0.4 is 4.90 Å². The molecule has 1 aliphatic heterocycles. The van der Waals surface area contributed by atoms with Crippen LogP contribution >= 0.6 is 0 Å². The predicted molar refractivity (Wildman–Crippen MR) is 69.3 cm³/mol. The molecule has 1 atom stereocenters. The topological polar surface area (TPSA) is 32.7 Å². The fourth-order valence-electron chi connectivity index (χ4n) is 2.41. The Morgan fingerprint density at radius 1 is 1.44 bits per heavy atom. The Morgan fingerprint density at radius 3 is 2.78 bits per heavy atom. The maximum Gasteiger partial charge on any atom is 0.123 e. The van der Waals surface area contributed by atoms with E-state index in [4.69, 9.17) is 4.74 Å². The number of anilines is 1. The van der Waals surface area contributed by atoms with E-state index in [0.29, 0.717) is 18.8 Å². The molecule has 0 aromatic heterocycles. The van der Waals surface area contributed by atoms with Gasteiger partial charge < -0.3 is 14.7 Å². The quantitative estimate of drug-likeness (QED) is 0.879. The van der Waals surface area contributed by atoms with Crippen LogP contribution in [-0.2, 0) is 4.74 Å². The van der Waals surface area contributed by atoms with Gasteiger partial charge in [-0.15, -0.1) is 0 Å². The second-order valence-corrected chi connectivity index (χ2v) is 5.40. The number of hydrogen-bond donors (Lipinski definition) is 1. The van der Waals surface area contributed by atoms with Gasteiger partial charge in [0.05, 0.1) is 24.9 Å². The van der Waals surface area contributed by atoms with Gasteiger partial charge in [-0.2, -0.15) is 0 Å². The lowest BCUT2D eigenvalue weighted by atomic mass is 9.98. The Kier molecular flexibility index (Phi) is 3.59. The van der Waals surface area contributed by atoms with Gasteiger partial charge in [-0.1, -0.05) is 0 Å². The third kappa shape index (κ3) is 2.49. The summed E-state index contributed by atoms with van der Waals surface area (Å²) in [5.41, 5.74) is 1.37. The number of aliphatic hydroxyl groups excluding tert-OH is 1. The number of nitrogens with zero attached hydrogens (tertiary/aromatic N) is 1. The molecule has 0 spiro atoms. The van der Waals surface area contributed by atoms with Crippen molar-refractivity contribution in [2.24, 2.45) is 0 Å². The van der Waals surface area contributed by atoms with Crippen LogP contribution in [0.5, 0.6) is 0 Å². The smallest absolute Gasteiger partial charge is 0.123 e. The summed E-state index contributed by atoms with van der Waals surface area (Å²) in [6.45, 7) is 7.86. The van der Waals surface area contributed by atoms with Crippen molar-refractivity contribution in [3.05, 3.63) is 29.6 Å². The van der Waals surface area contributed by atoms with Crippen molar-refractivity contribution < 1.29 is 14.2 Å². The van der Waals surface area contributed by atoms with Crippen molar-refractivity contribution in [2.75, 3.05) is 24.7 Å². The summed E-state index contributed by atoms with van der Waals surface area (Å²) in [7, 11) is 0. The molecular formula is C14H20FNO2. The SMILES string of the molecule is C[C@@H](O)c1cc(F)ccc1N1CCOCC1(C)C. The van der Waals surface area contributed by atoms with Gasteiger partial charge in [0.1, 0.15) is 5.82 Å². The molecule has 0 radical (unpaired) electrons. The molecule has 0 saturated carbocycles. The molecular weight excluding hydrogens is 233 g/mol. The van der Waals surface area contributed by atoms with Crippen molar-refractivity contribution in [3.8, 4) is 0 Å². The Labute approximate surface area is 107 Å². The largest absolute Gasteiger partial charge is 0.389 e. The molecule has 1 saturated heterocycles. The molecule has 4 heteroatoms. The second kappa shape index (κ2) is 4.86. The van der Waals surface area contributed by atoms with E-state index >= 15 is 0 Å². The summed E-state index contributed by atoms with van der Waals surface area (Å²) in [5.74, 6) is -0.319. The van der Waals surface area contributed by atoms with Crippen LogP contribution in [0.2, 0.25) is 0 Å². The Hall–Kier alpha value is -1.13. The lowest BCUT2D eigenvalue weighted by Crippen LogP contribution is -2.53. The van der Waals surface area contributed by atoms with E-state index in [1.165, 1.54) is 12.1 Å². The van der Waals surface area contributed by atoms with Crippen molar-refractivity contribution in [2.45, 2.75) is 32.4 Å². The van der Waals surface area contributed by atoms with Gasteiger partial charge in [-0.05, 0) is 39.0 Å². The van der Waals surface area contributed by atoms with E-state index in [-0.39, 0.29) is 11.4 Å². The summed E-state index contributed by atoms with van der Waals surface area (Å²) in [6.07, 6.45) is -0.686. The number of hydrogen-bond acceptors (Lipinski definition) is 3. The Bertz CT molecular complexity index is 432. The minimum atomic E-state index is -0.686. The van der Waals surface area contributed by atoms with Crippen molar-refractivity contribution >= 4 is 5.69 Å². The molecule has 0 aliphatic carbocycles. The molecule has 1 fully saturated rings. The molecule has 0 amide bonds. The first kappa shape index (κ1) is 13.3. The van der Waals surface area contributed by atoms with Gasteiger partial charge in [-0.25, -0.2) is 4.39 Å². The molecule has 1 aliphatic rings. The average Bonchev–Trinajstić information content (AvgIpc) is 2.29. The molecule has 1 aromatic carbocycles. The number of benzene rings is 1. The maximum atomic E-state index is 13.3. The Morgan fingerprint density at radius 2 is 2.17 bits per heavy atom. The number of ether oxygens (including phenoxy) is 1. The molecule has 100 valence electrons. The Balaban J connectivity index is 2.43. The normalized spacial score (nSPS) is 20.8. The first-order valence-corrected chi connectivity index (χ1v) is 6.25. The molecule has 1 heterocycles. The van der Waals surface area contributed by atoms with Crippen LogP contribution in [0.1, 0.15) is 32.4 Å². The minimum absolute atomic E-state index is 0.153. The first-order chi connectivity index (χ1) is 8.42. The number of aliphatic hydroxyl groups is 1. The van der Waals surface area contributed by atoms with Crippen LogP contribution in [0.25, 0.3) is 0 Å². The fourth-order valence-corrected chi connectivity index (χ4v) is 2.41. The van der Waals surface area contributed by atoms with E-state index in [9.17, 15) is 9.50 Å². The van der Waals surface area contributed by atoms with E-state index in [1.807, 2.05) is 0 Å². The standard InChI is InChI=1S/C14H20FNO2/c1-10(17)12-8-11(15)4-5-13(12)16-6-7-18-9-14(16,2)3/h4-5,8,10,17H,6-7,9H2,1-3H3/t10-/m1/s1. The number of rotatable bonds is 2. The molecule has 0 unspecified atom stereocenters. The number of morpholine rings is 1. The number of halogens is 1. The lowest BCUT2D eigenvalue weighted by Gasteiger charge is -2.44. The van der Waals surface area contributed by atoms with Crippen LogP contribution in [0.4, 0.5) is 10.1 Å². The van der Waals surface area contributed by atoms with E-state index < -0.39 is 6.10 Å². The predicted octanol–water partition coefficient (Wildman–Crippen LogP) is 2.49. The lowest BCUT2D eigenvalue weighted by molar-refractivity contribution is 0.0639. The minimum Gasteiger partial charge on any atom is -0.389 e. The van der Waals surface area contributed by atoms with Gasteiger partial charge in [0, 0.05) is 17.8 Å². The molecule has 18 heavy (non-hydrogen) atoms. The van der Waals surface area contributed by atoms with Crippen molar-refractivity contribution in [3.63, 3.8) is 0 Å². The summed E-state index contributed by atoms with van der Waals surface area (Å²) < 4.78 is 18.8. The summed E-state index contributed by atoms with van der Waals surface area (Å²) in [6, 6.07) is 4.59. The monoisotopic (exact) mass is 253 g/mol. The average molecular weight is 253 g/mol. The summed E-state index contributed by atoms with van der Waals surface area (Å²) in [4.78, 5) is 2.18. The summed E-state index contributed by atoms with van der Waals surface area (Å²) >= 11 is 0. The van der Waals surface area contributed by atoms with Crippen molar-refractivity contribution in [1.29, 1.82) is 0 Å². The van der Waals surface area contributed by atoms with Gasteiger partial charge in [0.2, 0.25) is 0 Å². The second-order valence-electron chi connectivity index (χ2n) is 5.40. The zero-order chi connectivity index (χ0) is 13.3. The fraction of sp³-hybridized carbons (Fsp3) is 0.571. The van der Waals surface area contributed by atoms with Crippen LogP contribution in [0.3, 0.4) is 0 Å². The highest BCUT2D eigenvalue weighted by Gasteiger charge is 2.32. The highest BCUT2D eigenvalue weighted by Crippen LogP contribution is 2.33.